The number of carbonyl (C=O) groups is 2. The maximum absolute atomic E-state index is 12.6. The van der Waals surface area contributed by atoms with Gasteiger partial charge in [0.15, 0.2) is 0 Å². The van der Waals surface area contributed by atoms with Gasteiger partial charge in [0.25, 0.3) is 15.9 Å². The van der Waals surface area contributed by atoms with Gasteiger partial charge in [0, 0.05) is 16.9 Å². The molecule has 0 unspecified atom stereocenters. The number of hydrogen-bond acceptors (Lipinski definition) is 5. The summed E-state index contributed by atoms with van der Waals surface area (Å²) in [5.74, 6) is -0.130. The molecule has 0 fully saturated rings. The Morgan fingerprint density at radius 2 is 1.50 bits per heavy atom. The van der Waals surface area contributed by atoms with Crippen LogP contribution >= 0.6 is 0 Å². The van der Waals surface area contributed by atoms with Crippen molar-refractivity contribution in [2.75, 3.05) is 23.2 Å². The Labute approximate surface area is 199 Å². The van der Waals surface area contributed by atoms with Crippen molar-refractivity contribution < 1.29 is 22.7 Å². The maximum atomic E-state index is 12.6. The minimum atomic E-state index is -3.75. The van der Waals surface area contributed by atoms with Gasteiger partial charge in [0.2, 0.25) is 5.91 Å². The van der Waals surface area contributed by atoms with E-state index in [9.17, 15) is 18.0 Å². The van der Waals surface area contributed by atoms with Crippen LogP contribution in [-0.2, 0) is 14.8 Å². The van der Waals surface area contributed by atoms with E-state index in [1.54, 1.807) is 42.5 Å². The third kappa shape index (κ3) is 6.58. The van der Waals surface area contributed by atoms with Gasteiger partial charge in [-0.15, -0.1) is 0 Å². The number of carbonyl (C=O) groups excluding carboxylic acids is 2. The molecule has 3 rings (SSSR count). The summed E-state index contributed by atoms with van der Waals surface area (Å²) >= 11 is 0. The maximum Gasteiger partial charge on any atom is 0.261 e. The predicted molar refractivity (Wildman–Crippen MR) is 132 cm³/mol. The van der Waals surface area contributed by atoms with Gasteiger partial charge in [-0.2, -0.15) is 0 Å². The first-order chi connectivity index (χ1) is 16.2. The van der Waals surface area contributed by atoms with Gasteiger partial charge in [0.05, 0.1) is 18.0 Å². The zero-order valence-electron chi connectivity index (χ0n) is 19.2. The van der Waals surface area contributed by atoms with E-state index in [1.165, 1.54) is 24.3 Å². The fourth-order valence-electron chi connectivity index (χ4n) is 3.05. The van der Waals surface area contributed by atoms with Crippen molar-refractivity contribution in [1.82, 2.24) is 5.32 Å². The predicted octanol–water partition coefficient (Wildman–Crippen LogP) is 3.87. The third-order valence-corrected chi connectivity index (χ3v) is 6.43. The van der Waals surface area contributed by atoms with Crippen LogP contribution in [0.15, 0.2) is 71.6 Å². The number of rotatable bonds is 9. The SMILES string of the molecule is CCOc1ccc(NC(=O)CNC(=O)c2ccc(NS(=O)(=O)c3ccc(C)c(C)c3)cc2)cc1. The smallest absolute Gasteiger partial charge is 0.261 e. The Bertz CT molecular complexity index is 1270. The van der Waals surface area contributed by atoms with Crippen LogP contribution in [0.25, 0.3) is 0 Å². The number of aryl methyl sites for hydroxylation is 2. The molecule has 0 atom stereocenters. The first-order valence-corrected chi connectivity index (χ1v) is 12.2. The number of benzene rings is 3. The lowest BCUT2D eigenvalue weighted by Gasteiger charge is -2.11. The molecular weight excluding hydrogens is 454 g/mol. The Morgan fingerprint density at radius 3 is 2.12 bits per heavy atom. The van der Waals surface area contributed by atoms with E-state index in [2.05, 4.69) is 15.4 Å². The van der Waals surface area contributed by atoms with Gasteiger partial charge < -0.3 is 15.4 Å². The highest BCUT2D eigenvalue weighted by Crippen LogP contribution is 2.19. The Balaban J connectivity index is 1.54. The molecule has 2 amide bonds. The average molecular weight is 482 g/mol. The summed E-state index contributed by atoms with van der Waals surface area (Å²) < 4.78 is 33.1. The summed E-state index contributed by atoms with van der Waals surface area (Å²) in [6.45, 7) is 5.98. The van der Waals surface area contributed by atoms with Crippen LogP contribution in [0.5, 0.6) is 5.75 Å². The molecule has 0 spiro atoms. The molecule has 0 heterocycles. The number of sulfonamides is 1. The first kappa shape index (κ1) is 24.8. The summed E-state index contributed by atoms with van der Waals surface area (Å²) in [5.41, 5.74) is 3.08. The topological polar surface area (TPSA) is 114 Å². The van der Waals surface area contributed by atoms with Crippen LogP contribution in [0.2, 0.25) is 0 Å². The molecule has 9 heteroatoms. The molecule has 0 aromatic heterocycles. The highest BCUT2D eigenvalue weighted by Gasteiger charge is 2.15. The molecule has 3 aromatic rings. The molecule has 8 nitrogen and oxygen atoms in total. The number of ether oxygens (including phenoxy) is 1. The van der Waals surface area contributed by atoms with Crippen molar-refractivity contribution in [3.8, 4) is 5.75 Å². The number of anilines is 2. The lowest BCUT2D eigenvalue weighted by Crippen LogP contribution is -2.32. The van der Waals surface area contributed by atoms with Gasteiger partial charge >= 0.3 is 0 Å². The molecule has 178 valence electrons. The van der Waals surface area contributed by atoms with Crippen molar-refractivity contribution in [2.24, 2.45) is 0 Å². The van der Waals surface area contributed by atoms with Crippen LogP contribution in [0.4, 0.5) is 11.4 Å². The van der Waals surface area contributed by atoms with E-state index >= 15 is 0 Å². The van der Waals surface area contributed by atoms with Crippen molar-refractivity contribution >= 4 is 33.2 Å². The van der Waals surface area contributed by atoms with Gasteiger partial charge in [-0.1, -0.05) is 6.07 Å². The lowest BCUT2D eigenvalue weighted by atomic mass is 10.1. The second-order valence-electron chi connectivity index (χ2n) is 7.62. The molecule has 0 aliphatic rings. The van der Waals surface area contributed by atoms with Gasteiger partial charge in [0.1, 0.15) is 5.75 Å². The van der Waals surface area contributed by atoms with Gasteiger partial charge in [-0.25, -0.2) is 8.42 Å². The number of amides is 2. The molecule has 3 N–H and O–H groups in total. The van der Waals surface area contributed by atoms with E-state index in [1.807, 2.05) is 20.8 Å². The second kappa shape index (κ2) is 10.8. The van der Waals surface area contributed by atoms with Crippen LogP contribution in [0.1, 0.15) is 28.4 Å². The number of nitrogens with one attached hydrogen (secondary N) is 3. The summed E-state index contributed by atoms with van der Waals surface area (Å²) in [6.07, 6.45) is 0. The molecule has 0 radical (unpaired) electrons. The van der Waals surface area contributed by atoms with E-state index < -0.39 is 15.9 Å². The van der Waals surface area contributed by atoms with E-state index in [4.69, 9.17) is 4.74 Å². The Hall–Kier alpha value is -3.85. The summed E-state index contributed by atoms with van der Waals surface area (Å²) in [6, 6.07) is 17.8. The van der Waals surface area contributed by atoms with Gasteiger partial charge in [-0.3, -0.25) is 14.3 Å². The summed E-state index contributed by atoms with van der Waals surface area (Å²) in [7, 11) is -3.75. The van der Waals surface area contributed by atoms with Crippen molar-refractivity contribution in [2.45, 2.75) is 25.7 Å². The standard InChI is InChI=1S/C25H27N3O5S/c1-4-33-22-12-10-20(11-13-22)27-24(29)16-26-25(30)19-6-8-21(9-7-19)28-34(31,32)23-14-5-17(2)18(3)15-23/h5-15,28H,4,16H2,1-3H3,(H,26,30)(H,27,29). The van der Waals surface area contributed by atoms with E-state index in [-0.39, 0.29) is 17.3 Å². The van der Waals surface area contributed by atoms with Crippen LogP contribution in [0, 0.1) is 13.8 Å². The van der Waals surface area contributed by atoms with E-state index in [0.29, 0.717) is 29.3 Å². The van der Waals surface area contributed by atoms with Crippen LogP contribution in [0.3, 0.4) is 0 Å². The Kier molecular flexibility index (Phi) is 7.91. The van der Waals surface area contributed by atoms with Crippen LogP contribution < -0.4 is 20.1 Å². The fraction of sp³-hybridized carbons (Fsp3) is 0.200. The molecule has 0 aliphatic heterocycles. The highest BCUT2D eigenvalue weighted by atomic mass is 32.2. The molecule has 0 saturated carbocycles. The van der Waals surface area contributed by atoms with Crippen molar-refractivity contribution in [3.05, 3.63) is 83.4 Å². The zero-order chi connectivity index (χ0) is 24.7. The first-order valence-electron chi connectivity index (χ1n) is 10.7. The largest absolute Gasteiger partial charge is 0.494 e. The summed E-state index contributed by atoms with van der Waals surface area (Å²) in [4.78, 5) is 24.6. The summed E-state index contributed by atoms with van der Waals surface area (Å²) in [5, 5.41) is 5.23. The van der Waals surface area contributed by atoms with E-state index in [0.717, 1.165) is 11.1 Å². The minimum absolute atomic E-state index is 0.163. The Morgan fingerprint density at radius 1 is 0.853 bits per heavy atom. The van der Waals surface area contributed by atoms with Crippen molar-refractivity contribution in [1.29, 1.82) is 0 Å². The second-order valence-corrected chi connectivity index (χ2v) is 9.30. The molecule has 34 heavy (non-hydrogen) atoms. The fourth-order valence-corrected chi connectivity index (χ4v) is 4.20. The third-order valence-electron chi connectivity index (χ3n) is 5.05. The minimum Gasteiger partial charge on any atom is -0.494 e. The monoisotopic (exact) mass is 481 g/mol. The zero-order valence-corrected chi connectivity index (χ0v) is 20.0. The highest BCUT2D eigenvalue weighted by molar-refractivity contribution is 7.92. The molecule has 0 aliphatic carbocycles. The molecule has 0 bridgehead atoms. The average Bonchev–Trinajstić information content (AvgIpc) is 2.81. The van der Waals surface area contributed by atoms with Crippen molar-refractivity contribution in [3.63, 3.8) is 0 Å². The lowest BCUT2D eigenvalue weighted by molar-refractivity contribution is -0.115. The quantitative estimate of drug-likeness (QED) is 0.429. The molecular formula is C25H27N3O5S. The molecule has 0 saturated heterocycles. The molecule has 3 aromatic carbocycles. The van der Waals surface area contributed by atoms with Gasteiger partial charge in [-0.05, 0) is 92.6 Å². The van der Waals surface area contributed by atoms with Crippen LogP contribution in [-0.4, -0.2) is 33.4 Å². The number of hydrogen-bond donors (Lipinski definition) is 3. The normalized spacial score (nSPS) is 10.9.